The van der Waals surface area contributed by atoms with E-state index in [0.717, 1.165) is 61.3 Å². The molecule has 3 aromatic heterocycles. The van der Waals surface area contributed by atoms with Gasteiger partial charge in [-0.05, 0) is 59.7 Å². The van der Waals surface area contributed by atoms with E-state index in [9.17, 15) is 0 Å². The molecule has 11 aromatic rings. The molecule has 0 spiro atoms. The molecule has 0 atom stereocenters. The van der Waals surface area contributed by atoms with Crippen molar-refractivity contribution in [3.8, 4) is 45.3 Å². The van der Waals surface area contributed by atoms with Crippen LogP contribution in [0, 0.1) is 0 Å². The van der Waals surface area contributed by atoms with E-state index in [4.69, 9.17) is 19.4 Å². The Morgan fingerprint density at radius 2 is 0.912 bits per heavy atom. The molecule has 0 N–H and O–H groups in total. The van der Waals surface area contributed by atoms with E-state index in [0.29, 0.717) is 17.5 Å². The third kappa shape index (κ3) is 5.82. The highest BCUT2D eigenvalue weighted by Crippen LogP contribution is 2.48. The molecule has 0 saturated carbocycles. The lowest BCUT2D eigenvalue weighted by Gasteiger charge is -2.26. The lowest BCUT2D eigenvalue weighted by Crippen LogP contribution is -2.10. The quantitative estimate of drug-likeness (QED) is 0.162. The summed E-state index contributed by atoms with van der Waals surface area (Å²) in [7, 11) is 0. The van der Waals surface area contributed by atoms with Gasteiger partial charge in [-0.3, -0.25) is 0 Å². The van der Waals surface area contributed by atoms with Crippen molar-refractivity contribution in [2.75, 3.05) is 4.90 Å². The molecule has 0 fully saturated rings. The van der Waals surface area contributed by atoms with Crippen LogP contribution in [0.2, 0.25) is 0 Å². The largest absolute Gasteiger partial charge is 0.454 e. The van der Waals surface area contributed by atoms with E-state index in [1.807, 2.05) is 72.0 Å². The maximum Gasteiger partial charge on any atom is 0.164 e. The maximum atomic E-state index is 6.96. The summed E-state index contributed by atoms with van der Waals surface area (Å²) in [6.07, 6.45) is 0. The van der Waals surface area contributed by atoms with Gasteiger partial charge in [0, 0.05) is 53.3 Å². The zero-order valence-corrected chi connectivity index (χ0v) is 31.4. The van der Waals surface area contributed by atoms with Gasteiger partial charge in [0.2, 0.25) is 0 Å². The highest BCUT2D eigenvalue weighted by Gasteiger charge is 2.23. The Labute approximate surface area is 332 Å². The number of nitrogens with zero attached hydrogens (tertiary/aromatic N) is 4. The Kier molecular flexibility index (Phi) is 7.93. The molecule has 5 nitrogen and oxygen atoms in total. The topological polar surface area (TPSA) is 55.1 Å². The number of fused-ring (bicyclic) bond motifs is 6. The summed E-state index contributed by atoms with van der Waals surface area (Å²) in [5, 5.41) is 4.52. The predicted octanol–water partition coefficient (Wildman–Crippen LogP) is 14.3. The van der Waals surface area contributed by atoms with Crippen molar-refractivity contribution in [3.05, 3.63) is 194 Å². The molecular weight excluding hydrogens is 717 g/mol. The summed E-state index contributed by atoms with van der Waals surface area (Å²) in [6, 6.07) is 67.4. The third-order valence-corrected chi connectivity index (χ3v) is 11.7. The molecule has 0 bridgehead atoms. The van der Waals surface area contributed by atoms with Crippen molar-refractivity contribution in [2.45, 2.75) is 0 Å². The van der Waals surface area contributed by atoms with Crippen LogP contribution >= 0.6 is 11.3 Å². The fraction of sp³-hybridized carbons (Fsp3) is 0. The molecule has 8 aromatic carbocycles. The summed E-state index contributed by atoms with van der Waals surface area (Å²) in [4.78, 5) is 17.2. The van der Waals surface area contributed by atoms with E-state index in [-0.39, 0.29) is 0 Å². The summed E-state index contributed by atoms with van der Waals surface area (Å²) < 4.78 is 9.46. The minimum atomic E-state index is 0.585. The van der Waals surface area contributed by atoms with Crippen LogP contribution in [0.1, 0.15) is 0 Å². The normalized spacial score (nSPS) is 11.5. The first-order valence-electron chi connectivity index (χ1n) is 18.9. The van der Waals surface area contributed by atoms with Gasteiger partial charge < -0.3 is 9.32 Å². The Balaban J connectivity index is 1.10. The fourth-order valence-corrected chi connectivity index (χ4v) is 8.95. The van der Waals surface area contributed by atoms with Crippen LogP contribution in [0.4, 0.5) is 17.1 Å². The number of anilines is 3. The van der Waals surface area contributed by atoms with Crippen molar-refractivity contribution in [1.29, 1.82) is 0 Å². The molecule has 0 aliphatic rings. The van der Waals surface area contributed by atoms with Crippen LogP contribution in [-0.2, 0) is 0 Å². The molecule has 0 unspecified atom stereocenters. The van der Waals surface area contributed by atoms with Gasteiger partial charge in [0.15, 0.2) is 23.1 Å². The minimum absolute atomic E-state index is 0.585. The van der Waals surface area contributed by atoms with E-state index in [1.54, 1.807) is 0 Å². The van der Waals surface area contributed by atoms with E-state index < -0.39 is 0 Å². The van der Waals surface area contributed by atoms with E-state index in [2.05, 4.69) is 138 Å². The average Bonchev–Trinajstić information content (AvgIpc) is 3.87. The number of benzene rings is 8. The fourth-order valence-electron chi connectivity index (χ4n) is 7.82. The van der Waals surface area contributed by atoms with Gasteiger partial charge in [0.1, 0.15) is 5.58 Å². The second kappa shape index (κ2) is 13.7. The Morgan fingerprint density at radius 3 is 1.61 bits per heavy atom. The third-order valence-electron chi connectivity index (χ3n) is 10.5. The molecule has 0 saturated heterocycles. The van der Waals surface area contributed by atoms with Crippen LogP contribution in [-0.4, -0.2) is 15.0 Å². The zero-order valence-electron chi connectivity index (χ0n) is 30.6. The highest BCUT2D eigenvalue weighted by atomic mass is 32.1. The van der Waals surface area contributed by atoms with Gasteiger partial charge in [-0.2, -0.15) is 0 Å². The zero-order chi connectivity index (χ0) is 37.7. The second-order valence-corrected chi connectivity index (χ2v) is 15.1. The lowest BCUT2D eigenvalue weighted by molar-refractivity contribution is 0.669. The average molecular weight is 749 g/mol. The van der Waals surface area contributed by atoms with Crippen molar-refractivity contribution >= 4 is 70.5 Å². The number of thiophene rings is 1. The van der Waals surface area contributed by atoms with Gasteiger partial charge in [-0.25, -0.2) is 15.0 Å². The van der Waals surface area contributed by atoms with E-state index in [1.165, 1.54) is 25.7 Å². The first-order chi connectivity index (χ1) is 28.2. The SMILES string of the molecule is c1ccc(-c2ccc(N(c3cccc4c3oc3cc(-c5nc(-c6ccccc6)nc(-c6ccccc6)n5)ccc34)c3cccc4sc5ccccc5c34)cc2)cc1. The number of hydrogen-bond acceptors (Lipinski definition) is 6. The monoisotopic (exact) mass is 748 g/mol. The van der Waals surface area contributed by atoms with Crippen molar-refractivity contribution in [2.24, 2.45) is 0 Å². The van der Waals surface area contributed by atoms with Crippen molar-refractivity contribution < 1.29 is 4.42 Å². The first kappa shape index (κ1) is 33.0. The maximum absolute atomic E-state index is 6.96. The van der Waals surface area contributed by atoms with Crippen molar-refractivity contribution in [1.82, 2.24) is 15.0 Å². The van der Waals surface area contributed by atoms with Gasteiger partial charge >= 0.3 is 0 Å². The molecule has 57 heavy (non-hydrogen) atoms. The molecular formula is C51H32N4OS. The summed E-state index contributed by atoms with van der Waals surface area (Å²) in [6.45, 7) is 0. The lowest BCUT2D eigenvalue weighted by atomic mass is 10.0. The van der Waals surface area contributed by atoms with Crippen LogP contribution in [0.5, 0.6) is 0 Å². The molecule has 268 valence electrons. The van der Waals surface area contributed by atoms with Gasteiger partial charge in [0.25, 0.3) is 0 Å². The summed E-state index contributed by atoms with van der Waals surface area (Å²) in [5.74, 6) is 1.83. The standard InChI is InChI=1S/C51H32N4OS/c1-4-14-33(15-5-1)34-26-29-38(30-27-34)55(42-22-13-25-46-47(42)41-20-10-11-24-45(41)57-46)43-23-12-21-40-39-31-28-37(32-44(39)56-48(40)43)51-53-49(35-16-6-2-7-17-35)52-50(54-51)36-18-8-3-9-19-36/h1-32H. The van der Waals surface area contributed by atoms with Crippen molar-refractivity contribution in [3.63, 3.8) is 0 Å². The summed E-state index contributed by atoms with van der Waals surface area (Å²) >= 11 is 1.82. The molecule has 0 amide bonds. The molecule has 6 heteroatoms. The van der Waals surface area contributed by atoms with Crippen LogP contribution in [0.3, 0.4) is 0 Å². The Bertz CT molecular complexity index is 3170. The Hall–Kier alpha value is -7.41. The molecule has 3 heterocycles. The number of aromatic nitrogens is 3. The van der Waals surface area contributed by atoms with E-state index >= 15 is 0 Å². The molecule has 0 radical (unpaired) electrons. The minimum Gasteiger partial charge on any atom is -0.454 e. The highest BCUT2D eigenvalue weighted by molar-refractivity contribution is 7.26. The summed E-state index contributed by atoms with van der Waals surface area (Å²) in [5.41, 5.74) is 9.71. The number of furan rings is 1. The van der Waals surface area contributed by atoms with Gasteiger partial charge in [-0.15, -0.1) is 11.3 Å². The number of rotatable bonds is 7. The van der Waals surface area contributed by atoms with Crippen LogP contribution < -0.4 is 4.90 Å². The molecule has 0 aliphatic heterocycles. The Morgan fingerprint density at radius 1 is 0.386 bits per heavy atom. The molecule has 11 rings (SSSR count). The molecule has 0 aliphatic carbocycles. The smallest absolute Gasteiger partial charge is 0.164 e. The number of para-hydroxylation sites is 1. The van der Waals surface area contributed by atoms with Crippen LogP contribution in [0.25, 0.3) is 87.4 Å². The predicted molar refractivity (Wildman–Crippen MR) is 236 cm³/mol. The van der Waals surface area contributed by atoms with Crippen LogP contribution in [0.15, 0.2) is 199 Å². The van der Waals surface area contributed by atoms with Gasteiger partial charge in [-0.1, -0.05) is 146 Å². The second-order valence-electron chi connectivity index (χ2n) is 14.0. The first-order valence-corrected chi connectivity index (χ1v) is 19.8. The van der Waals surface area contributed by atoms with Gasteiger partial charge in [0.05, 0.1) is 11.4 Å². The number of hydrogen-bond donors (Lipinski definition) is 0.